The number of nitriles is 1. The van der Waals surface area contributed by atoms with Crippen LogP contribution >= 0.6 is 11.3 Å². The molecule has 1 atom stereocenters. The van der Waals surface area contributed by atoms with Gasteiger partial charge in [-0.2, -0.15) is 5.26 Å². The van der Waals surface area contributed by atoms with Gasteiger partial charge in [0.15, 0.2) is 0 Å². The molecule has 0 aliphatic carbocycles. The largest absolute Gasteiger partial charge is 0.362 e. The zero-order valence-corrected chi connectivity index (χ0v) is 23.2. The van der Waals surface area contributed by atoms with E-state index >= 15 is 0 Å². The van der Waals surface area contributed by atoms with Crippen molar-refractivity contribution in [2.45, 2.75) is 54.0 Å². The topological polar surface area (TPSA) is 88.8 Å². The number of piperidine rings is 1. The molecular weight excluding hydrogens is 470 g/mol. The Morgan fingerprint density at radius 1 is 1.33 bits per heavy atom. The van der Waals surface area contributed by atoms with Crippen molar-refractivity contribution in [2.75, 3.05) is 26.7 Å². The Hall–Kier alpha value is -3.18. The predicted molar refractivity (Wildman–Crippen MR) is 148 cm³/mol. The van der Waals surface area contributed by atoms with Crippen molar-refractivity contribution in [1.82, 2.24) is 15.1 Å². The fourth-order valence-corrected chi connectivity index (χ4v) is 4.91. The Bertz CT molecular complexity index is 1090. The van der Waals surface area contributed by atoms with E-state index < -0.39 is 0 Å². The van der Waals surface area contributed by atoms with Crippen LogP contribution in [-0.4, -0.2) is 54.6 Å². The molecule has 1 N–H and O–H groups in total. The molecule has 0 bridgehead atoms. The summed E-state index contributed by atoms with van der Waals surface area (Å²) < 4.78 is 0. The van der Waals surface area contributed by atoms with Gasteiger partial charge >= 0.3 is 0 Å². The van der Waals surface area contributed by atoms with E-state index in [0.717, 1.165) is 25.1 Å². The van der Waals surface area contributed by atoms with Gasteiger partial charge < -0.3 is 15.1 Å². The minimum Gasteiger partial charge on any atom is -0.362 e. The summed E-state index contributed by atoms with van der Waals surface area (Å²) in [6.07, 6.45) is 4.08. The van der Waals surface area contributed by atoms with Gasteiger partial charge in [0, 0.05) is 38.6 Å². The molecule has 0 unspecified atom stereocenters. The summed E-state index contributed by atoms with van der Waals surface area (Å²) in [7, 11) is 1.70. The first-order valence-corrected chi connectivity index (χ1v) is 13.6. The van der Waals surface area contributed by atoms with Crippen molar-refractivity contribution in [3.05, 3.63) is 51.2 Å². The van der Waals surface area contributed by atoms with Crippen LogP contribution in [0.4, 0.5) is 5.69 Å². The molecule has 36 heavy (non-hydrogen) atoms. The van der Waals surface area contributed by atoms with Gasteiger partial charge in [0.1, 0.15) is 10.6 Å². The number of carbonyl (C=O) groups excluding carboxylic acids is 2. The standard InChI is InChI=1S/C26H33N5O2S.C2H6/c1-18(2)13-28-25(32)22-16-34-24(23(22)29-17-31-11-7-8-19(3)14-31)26(33)30(4)15-21-10-6-5-9-20(21)12-27;1-2/h5-6,9-10,16-19H,7-8,11,13-15H2,1-4H3,(H,28,32);1-2H3/t19-;/m1./s1. The molecule has 3 rings (SSSR count). The van der Waals surface area contributed by atoms with E-state index in [9.17, 15) is 14.9 Å². The summed E-state index contributed by atoms with van der Waals surface area (Å²) in [4.78, 5) is 35.1. The molecule has 7 nitrogen and oxygen atoms in total. The summed E-state index contributed by atoms with van der Waals surface area (Å²) in [5.74, 6) is 0.459. The Kier molecular flexibility index (Phi) is 11.6. The van der Waals surface area contributed by atoms with Crippen molar-refractivity contribution in [3.63, 3.8) is 0 Å². The Morgan fingerprint density at radius 2 is 2.06 bits per heavy atom. The summed E-state index contributed by atoms with van der Waals surface area (Å²) >= 11 is 1.23. The third-order valence-electron chi connectivity index (χ3n) is 5.81. The van der Waals surface area contributed by atoms with Crippen LogP contribution in [-0.2, 0) is 6.54 Å². The number of carbonyl (C=O) groups is 2. The number of nitrogens with zero attached hydrogens (tertiary/aromatic N) is 4. The van der Waals surface area contributed by atoms with Crippen LogP contribution in [0.5, 0.6) is 0 Å². The monoisotopic (exact) mass is 509 g/mol. The van der Waals surface area contributed by atoms with Crippen LogP contribution in [0.15, 0.2) is 34.6 Å². The number of hydrogen-bond acceptors (Lipinski definition) is 5. The molecule has 0 saturated carbocycles. The third-order valence-corrected chi connectivity index (χ3v) is 6.76. The maximum atomic E-state index is 13.4. The van der Waals surface area contributed by atoms with E-state index in [1.807, 2.05) is 39.8 Å². The summed E-state index contributed by atoms with van der Waals surface area (Å²) in [5, 5.41) is 14.0. The average Bonchev–Trinajstić information content (AvgIpc) is 3.31. The lowest BCUT2D eigenvalue weighted by Gasteiger charge is -2.28. The van der Waals surface area contributed by atoms with Gasteiger partial charge in [-0.15, -0.1) is 11.3 Å². The Balaban J connectivity index is 0.00000222. The summed E-state index contributed by atoms with van der Waals surface area (Å²) in [6, 6.07) is 9.42. The molecule has 2 aromatic rings. The number of hydrogen-bond donors (Lipinski definition) is 1. The van der Waals surface area contributed by atoms with E-state index in [0.29, 0.717) is 46.6 Å². The van der Waals surface area contributed by atoms with Gasteiger partial charge in [0.05, 0.1) is 23.5 Å². The molecule has 0 spiro atoms. The van der Waals surface area contributed by atoms with Crippen LogP contribution in [0, 0.1) is 23.2 Å². The number of likely N-dealkylation sites (tertiary alicyclic amines) is 1. The average molecular weight is 510 g/mol. The van der Waals surface area contributed by atoms with Crippen LogP contribution in [0.1, 0.15) is 78.6 Å². The normalized spacial score (nSPS) is 15.3. The fraction of sp³-hybridized carbons (Fsp3) is 0.500. The molecule has 0 radical (unpaired) electrons. The van der Waals surface area contributed by atoms with Gasteiger partial charge in [-0.05, 0) is 36.3 Å². The second-order valence-electron chi connectivity index (χ2n) is 9.35. The maximum Gasteiger partial charge on any atom is 0.266 e. The lowest BCUT2D eigenvalue weighted by Crippen LogP contribution is -2.33. The first-order valence-electron chi connectivity index (χ1n) is 12.7. The van der Waals surface area contributed by atoms with Crippen LogP contribution < -0.4 is 5.32 Å². The highest BCUT2D eigenvalue weighted by Gasteiger charge is 2.25. The van der Waals surface area contributed by atoms with Gasteiger partial charge in [-0.3, -0.25) is 9.59 Å². The molecule has 1 aromatic heterocycles. The first-order chi connectivity index (χ1) is 17.3. The van der Waals surface area contributed by atoms with Crippen LogP contribution in [0.2, 0.25) is 0 Å². The number of thiophene rings is 1. The number of rotatable bonds is 8. The highest BCUT2D eigenvalue weighted by atomic mass is 32.1. The van der Waals surface area contributed by atoms with E-state index in [-0.39, 0.29) is 11.8 Å². The smallest absolute Gasteiger partial charge is 0.266 e. The van der Waals surface area contributed by atoms with Crippen molar-refractivity contribution >= 4 is 35.2 Å². The fourth-order valence-electron chi connectivity index (χ4n) is 3.92. The molecule has 1 aromatic carbocycles. The van der Waals surface area contributed by atoms with Gasteiger partial charge in [-0.1, -0.05) is 52.8 Å². The zero-order valence-electron chi connectivity index (χ0n) is 22.4. The lowest BCUT2D eigenvalue weighted by atomic mass is 10.0. The van der Waals surface area contributed by atoms with Gasteiger partial charge in [-0.25, -0.2) is 4.99 Å². The molecule has 194 valence electrons. The number of benzene rings is 1. The Morgan fingerprint density at radius 3 is 2.72 bits per heavy atom. The molecule has 2 amide bonds. The van der Waals surface area contributed by atoms with Crippen molar-refractivity contribution < 1.29 is 9.59 Å². The number of amides is 2. The second kappa shape index (κ2) is 14.4. The van der Waals surface area contributed by atoms with E-state index in [1.165, 1.54) is 17.8 Å². The van der Waals surface area contributed by atoms with Crippen LogP contribution in [0.25, 0.3) is 0 Å². The summed E-state index contributed by atoms with van der Waals surface area (Å²) in [5.41, 5.74) is 2.15. The first kappa shape index (κ1) is 29.1. The van der Waals surface area contributed by atoms with Crippen molar-refractivity contribution in [2.24, 2.45) is 16.8 Å². The van der Waals surface area contributed by atoms with E-state index in [1.54, 1.807) is 35.8 Å². The van der Waals surface area contributed by atoms with E-state index in [4.69, 9.17) is 0 Å². The number of nitrogens with one attached hydrogen (secondary N) is 1. The zero-order chi connectivity index (χ0) is 26.7. The van der Waals surface area contributed by atoms with Gasteiger partial charge in [0.25, 0.3) is 11.8 Å². The predicted octanol–water partition coefficient (Wildman–Crippen LogP) is 5.70. The molecule has 1 aliphatic heterocycles. The quantitative estimate of drug-likeness (QED) is 0.365. The Labute approximate surface area is 219 Å². The number of aliphatic imine (C=N–C) groups is 1. The van der Waals surface area contributed by atoms with Gasteiger partial charge in [0.2, 0.25) is 0 Å². The minimum absolute atomic E-state index is 0.222. The van der Waals surface area contributed by atoms with E-state index in [2.05, 4.69) is 28.2 Å². The molecule has 2 heterocycles. The second-order valence-corrected chi connectivity index (χ2v) is 10.2. The highest BCUT2D eigenvalue weighted by Crippen LogP contribution is 2.33. The highest BCUT2D eigenvalue weighted by molar-refractivity contribution is 7.13. The molecule has 1 saturated heterocycles. The SMILES string of the molecule is CC.CC(C)CNC(=O)c1csc(C(=O)N(C)Cc2ccccc2C#N)c1N=CN1CCC[C@@H](C)C1. The third kappa shape index (κ3) is 7.92. The molecular formula is C28H39N5O2S. The molecule has 8 heteroatoms. The molecule has 1 aliphatic rings. The minimum atomic E-state index is -0.222. The summed E-state index contributed by atoms with van der Waals surface area (Å²) in [6.45, 7) is 13.0. The van der Waals surface area contributed by atoms with Crippen LogP contribution in [0.3, 0.4) is 0 Å². The lowest BCUT2D eigenvalue weighted by molar-refractivity contribution is 0.0790. The van der Waals surface area contributed by atoms with Crippen molar-refractivity contribution in [3.8, 4) is 6.07 Å². The van der Waals surface area contributed by atoms with Crippen molar-refractivity contribution in [1.29, 1.82) is 5.26 Å². The molecule has 1 fully saturated rings. The maximum absolute atomic E-state index is 13.4.